The first-order chi connectivity index (χ1) is 15.8. The molecule has 3 aromatic rings. The quantitative estimate of drug-likeness (QED) is 0.575. The lowest BCUT2D eigenvalue weighted by Gasteiger charge is -2.36. The SMILES string of the molecule is O=C(CN1CCN(c2ccccn2)CC1)N(Cc1cccs1)c1ccc2c(c1)OCCO2. The van der Waals surface area contributed by atoms with Gasteiger partial charge in [-0.3, -0.25) is 9.69 Å². The molecule has 7 nitrogen and oxygen atoms in total. The van der Waals surface area contributed by atoms with Gasteiger partial charge in [0.15, 0.2) is 11.5 Å². The normalized spacial score (nSPS) is 16.1. The summed E-state index contributed by atoms with van der Waals surface area (Å²) < 4.78 is 11.4. The van der Waals surface area contributed by atoms with Gasteiger partial charge in [-0.15, -0.1) is 11.3 Å². The van der Waals surface area contributed by atoms with Gasteiger partial charge >= 0.3 is 0 Å². The molecule has 5 rings (SSSR count). The number of ether oxygens (including phenoxy) is 2. The molecule has 4 heterocycles. The molecule has 8 heteroatoms. The molecule has 1 aromatic carbocycles. The number of nitrogens with zero attached hydrogens (tertiary/aromatic N) is 4. The van der Waals surface area contributed by atoms with E-state index in [1.165, 1.54) is 0 Å². The third kappa shape index (κ3) is 4.71. The first kappa shape index (κ1) is 20.8. The lowest BCUT2D eigenvalue weighted by atomic mass is 10.2. The number of piperazine rings is 1. The van der Waals surface area contributed by atoms with Crippen molar-refractivity contribution in [1.29, 1.82) is 0 Å². The van der Waals surface area contributed by atoms with Gasteiger partial charge in [0, 0.05) is 49.0 Å². The minimum absolute atomic E-state index is 0.0846. The highest BCUT2D eigenvalue weighted by Gasteiger charge is 2.25. The van der Waals surface area contributed by atoms with Gasteiger partial charge in [-0.2, -0.15) is 0 Å². The van der Waals surface area contributed by atoms with Crippen molar-refractivity contribution in [2.75, 3.05) is 55.7 Å². The third-order valence-corrected chi connectivity index (χ3v) is 6.60. The number of carbonyl (C=O) groups excluding carboxylic acids is 1. The van der Waals surface area contributed by atoms with Crippen LogP contribution in [0.25, 0.3) is 0 Å². The molecule has 0 aliphatic carbocycles. The van der Waals surface area contributed by atoms with Crippen LogP contribution in [0.1, 0.15) is 4.88 Å². The summed E-state index contributed by atoms with van der Waals surface area (Å²) in [6.07, 6.45) is 1.82. The Morgan fingerprint density at radius 3 is 2.59 bits per heavy atom. The predicted molar refractivity (Wildman–Crippen MR) is 126 cm³/mol. The Morgan fingerprint density at radius 2 is 1.84 bits per heavy atom. The van der Waals surface area contributed by atoms with Crippen molar-refractivity contribution in [2.45, 2.75) is 6.54 Å². The molecular weight excluding hydrogens is 424 g/mol. The average Bonchev–Trinajstić information content (AvgIpc) is 3.37. The largest absolute Gasteiger partial charge is 0.486 e. The van der Waals surface area contributed by atoms with Crippen molar-refractivity contribution in [2.24, 2.45) is 0 Å². The summed E-state index contributed by atoms with van der Waals surface area (Å²) in [6, 6.07) is 15.8. The maximum Gasteiger partial charge on any atom is 0.241 e. The minimum atomic E-state index is 0.0846. The van der Waals surface area contributed by atoms with Gasteiger partial charge in [0.05, 0.1) is 13.1 Å². The van der Waals surface area contributed by atoms with E-state index < -0.39 is 0 Å². The fraction of sp³-hybridized carbons (Fsp3) is 0.333. The van der Waals surface area contributed by atoms with Crippen molar-refractivity contribution in [3.05, 3.63) is 65.0 Å². The maximum absolute atomic E-state index is 13.4. The van der Waals surface area contributed by atoms with Crippen LogP contribution < -0.4 is 19.3 Å². The molecule has 0 radical (unpaired) electrons. The molecule has 1 fully saturated rings. The van der Waals surface area contributed by atoms with Gasteiger partial charge in [-0.05, 0) is 35.7 Å². The smallest absolute Gasteiger partial charge is 0.241 e. The Kier molecular flexibility index (Phi) is 6.22. The second-order valence-electron chi connectivity index (χ2n) is 7.84. The van der Waals surface area contributed by atoms with E-state index in [0.29, 0.717) is 32.1 Å². The molecule has 0 bridgehead atoms. The number of carbonyl (C=O) groups is 1. The van der Waals surface area contributed by atoms with Crippen LogP contribution in [0, 0.1) is 0 Å². The zero-order chi connectivity index (χ0) is 21.8. The van der Waals surface area contributed by atoms with Crippen molar-refractivity contribution >= 4 is 28.7 Å². The monoisotopic (exact) mass is 450 g/mol. The van der Waals surface area contributed by atoms with Gasteiger partial charge in [0.1, 0.15) is 19.0 Å². The number of anilines is 2. The summed E-state index contributed by atoms with van der Waals surface area (Å²) in [5.74, 6) is 2.51. The van der Waals surface area contributed by atoms with Crippen molar-refractivity contribution in [1.82, 2.24) is 9.88 Å². The van der Waals surface area contributed by atoms with E-state index in [0.717, 1.165) is 48.3 Å². The second-order valence-corrected chi connectivity index (χ2v) is 8.87. The summed E-state index contributed by atoms with van der Waals surface area (Å²) >= 11 is 1.66. The number of hydrogen-bond donors (Lipinski definition) is 0. The number of thiophene rings is 1. The van der Waals surface area contributed by atoms with Crippen LogP contribution in [0.15, 0.2) is 60.1 Å². The molecule has 1 amide bonds. The molecule has 2 aromatic heterocycles. The van der Waals surface area contributed by atoms with Crippen LogP contribution >= 0.6 is 11.3 Å². The topological polar surface area (TPSA) is 58.1 Å². The van der Waals surface area contributed by atoms with Gasteiger partial charge in [0.2, 0.25) is 5.91 Å². The van der Waals surface area contributed by atoms with Gasteiger partial charge < -0.3 is 19.3 Å². The summed E-state index contributed by atoms with van der Waals surface area (Å²) in [5, 5.41) is 2.04. The van der Waals surface area contributed by atoms with E-state index in [9.17, 15) is 4.79 Å². The molecular formula is C24H26N4O3S. The van der Waals surface area contributed by atoms with Gasteiger partial charge in [-0.25, -0.2) is 4.98 Å². The molecule has 0 saturated carbocycles. The Hall–Kier alpha value is -3.10. The Balaban J connectivity index is 1.28. The number of aromatic nitrogens is 1. The molecule has 0 spiro atoms. The molecule has 166 valence electrons. The zero-order valence-electron chi connectivity index (χ0n) is 17.9. The standard InChI is InChI=1S/C24H26N4O3S/c29-24(18-26-9-11-27(12-10-26)23-5-1-2-8-25-23)28(17-20-4-3-15-32-20)19-6-7-21-22(16-19)31-14-13-30-21/h1-8,15-16H,9-14,17-18H2. The number of rotatable bonds is 6. The van der Waals surface area contributed by atoms with Crippen LogP contribution in [-0.2, 0) is 11.3 Å². The van der Waals surface area contributed by atoms with E-state index in [1.54, 1.807) is 11.3 Å². The van der Waals surface area contributed by atoms with Crippen molar-refractivity contribution in [3.8, 4) is 11.5 Å². The maximum atomic E-state index is 13.4. The Labute approximate surface area is 191 Å². The van der Waals surface area contributed by atoms with E-state index in [1.807, 2.05) is 58.9 Å². The van der Waals surface area contributed by atoms with E-state index in [2.05, 4.69) is 20.9 Å². The van der Waals surface area contributed by atoms with Crippen molar-refractivity contribution < 1.29 is 14.3 Å². The fourth-order valence-electron chi connectivity index (χ4n) is 4.03. The van der Waals surface area contributed by atoms with E-state index >= 15 is 0 Å². The fourth-order valence-corrected chi connectivity index (χ4v) is 4.73. The molecule has 2 aliphatic heterocycles. The summed E-state index contributed by atoms with van der Waals surface area (Å²) in [6.45, 7) is 5.38. The predicted octanol–water partition coefficient (Wildman–Crippen LogP) is 3.27. The molecule has 1 saturated heterocycles. The molecule has 0 unspecified atom stereocenters. The zero-order valence-corrected chi connectivity index (χ0v) is 18.7. The molecule has 0 N–H and O–H groups in total. The number of amides is 1. The van der Waals surface area contributed by atoms with Crippen LogP contribution in [0.2, 0.25) is 0 Å². The van der Waals surface area contributed by atoms with E-state index in [4.69, 9.17) is 9.47 Å². The number of fused-ring (bicyclic) bond motifs is 1. The van der Waals surface area contributed by atoms with Crippen LogP contribution in [0.3, 0.4) is 0 Å². The Morgan fingerprint density at radius 1 is 1.00 bits per heavy atom. The lowest BCUT2D eigenvalue weighted by molar-refractivity contribution is -0.120. The van der Waals surface area contributed by atoms with Crippen LogP contribution in [0.4, 0.5) is 11.5 Å². The number of benzene rings is 1. The van der Waals surface area contributed by atoms with E-state index in [-0.39, 0.29) is 5.91 Å². The number of pyridine rings is 1. The molecule has 32 heavy (non-hydrogen) atoms. The van der Waals surface area contributed by atoms with Crippen LogP contribution in [-0.4, -0.2) is 61.7 Å². The summed E-state index contributed by atoms with van der Waals surface area (Å²) in [7, 11) is 0. The first-order valence-corrected chi connectivity index (χ1v) is 11.7. The highest BCUT2D eigenvalue weighted by Crippen LogP contribution is 2.34. The Bertz CT molecular complexity index is 1040. The molecule has 2 aliphatic rings. The number of hydrogen-bond acceptors (Lipinski definition) is 7. The third-order valence-electron chi connectivity index (χ3n) is 5.74. The summed E-state index contributed by atoms with van der Waals surface area (Å²) in [4.78, 5) is 25.4. The highest BCUT2D eigenvalue weighted by molar-refractivity contribution is 7.09. The van der Waals surface area contributed by atoms with Crippen molar-refractivity contribution in [3.63, 3.8) is 0 Å². The summed E-state index contributed by atoms with van der Waals surface area (Å²) in [5.41, 5.74) is 0.833. The minimum Gasteiger partial charge on any atom is -0.486 e. The second kappa shape index (κ2) is 9.58. The first-order valence-electron chi connectivity index (χ1n) is 10.9. The molecule has 0 atom stereocenters. The van der Waals surface area contributed by atoms with Gasteiger partial charge in [0.25, 0.3) is 0 Å². The van der Waals surface area contributed by atoms with Crippen LogP contribution in [0.5, 0.6) is 11.5 Å². The lowest BCUT2D eigenvalue weighted by Crippen LogP contribution is -2.50. The highest BCUT2D eigenvalue weighted by atomic mass is 32.1. The van der Waals surface area contributed by atoms with Gasteiger partial charge in [-0.1, -0.05) is 12.1 Å². The average molecular weight is 451 g/mol.